The molecule has 1 aromatic heterocycles. The van der Waals surface area contributed by atoms with E-state index >= 15 is 0 Å². The van der Waals surface area contributed by atoms with Crippen LogP contribution >= 0.6 is 11.6 Å². The van der Waals surface area contributed by atoms with Crippen molar-refractivity contribution in [3.05, 3.63) is 41.0 Å². The van der Waals surface area contributed by atoms with E-state index in [1.807, 2.05) is 0 Å². The highest BCUT2D eigenvalue weighted by molar-refractivity contribution is 7.89. The van der Waals surface area contributed by atoms with Gasteiger partial charge in [0.2, 0.25) is 0 Å². The smallest absolute Gasteiger partial charge is 0.342 e. The molecule has 21 heavy (non-hydrogen) atoms. The van der Waals surface area contributed by atoms with Crippen molar-refractivity contribution in [2.24, 2.45) is 5.14 Å². The molecular weight excluding hydrogens is 318 g/mol. The van der Waals surface area contributed by atoms with Crippen LogP contribution < -0.4 is 5.14 Å². The first kappa shape index (κ1) is 15.5. The highest BCUT2D eigenvalue weighted by Crippen LogP contribution is 2.25. The zero-order chi connectivity index (χ0) is 15.6. The van der Waals surface area contributed by atoms with Crippen LogP contribution in [0.1, 0.15) is 17.3 Å². The molecule has 1 heterocycles. The summed E-state index contributed by atoms with van der Waals surface area (Å²) in [7, 11) is -4.21. The van der Waals surface area contributed by atoms with Crippen LogP contribution in [0.25, 0.3) is 5.69 Å². The molecule has 7 nitrogen and oxygen atoms in total. The third kappa shape index (κ3) is 3.07. The Balaban J connectivity index is 2.70. The van der Waals surface area contributed by atoms with E-state index in [0.29, 0.717) is 5.69 Å². The number of esters is 1. The number of hydrogen-bond donors (Lipinski definition) is 1. The van der Waals surface area contributed by atoms with Crippen molar-refractivity contribution in [2.45, 2.75) is 11.9 Å². The highest BCUT2D eigenvalue weighted by atomic mass is 35.5. The van der Waals surface area contributed by atoms with Crippen molar-refractivity contribution in [3.63, 3.8) is 0 Å². The van der Waals surface area contributed by atoms with Crippen LogP contribution in [-0.2, 0) is 14.8 Å². The lowest BCUT2D eigenvalue weighted by Gasteiger charge is -2.08. The molecule has 0 aliphatic heterocycles. The van der Waals surface area contributed by atoms with Crippen LogP contribution in [0.15, 0.2) is 35.5 Å². The largest absolute Gasteiger partial charge is 0.462 e. The second kappa shape index (κ2) is 5.84. The number of hydrogen-bond acceptors (Lipinski definition) is 5. The lowest BCUT2D eigenvalue weighted by Crippen LogP contribution is -2.21. The van der Waals surface area contributed by atoms with Gasteiger partial charge in [0, 0.05) is 0 Å². The Morgan fingerprint density at radius 1 is 1.43 bits per heavy atom. The van der Waals surface area contributed by atoms with E-state index in [-0.39, 0.29) is 17.2 Å². The third-order valence-corrected chi connectivity index (χ3v) is 3.82. The van der Waals surface area contributed by atoms with E-state index in [1.54, 1.807) is 31.2 Å². The van der Waals surface area contributed by atoms with Crippen LogP contribution in [-0.4, -0.2) is 30.8 Å². The second-order valence-electron chi connectivity index (χ2n) is 3.99. The molecule has 0 spiro atoms. The van der Waals surface area contributed by atoms with Crippen molar-refractivity contribution in [2.75, 3.05) is 6.61 Å². The lowest BCUT2D eigenvalue weighted by atomic mass is 10.3. The number of aromatic nitrogens is 2. The summed E-state index contributed by atoms with van der Waals surface area (Å²) in [5.41, 5.74) is 0.0537. The molecule has 0 amide bonds. The fourth-order valence-electron chi connectivity index (χ4n) is 1.75. The molecule has 112 valence electrons. The number of halogens is 1. The highest BCUT2D eigenvalue weighted by Gasteiger charge is 2.28. The molecule has 0 saturated carbocycles. The molecule has 2 aromatic rings. The average molecular weight is 330 g/mol. The summed E-state index contributed by atoms with van der Waals surface area (Å²) in [6.45, 7) is 1.70. The van der Waals surface area contributed by atoms with Crippen molar-refractivity contribution in [1.82, 2.24) is 9.78 Å². The van der Waals surface area contributed by atoms with Crippen LogP contribution in [0.4, 0.5) is 0 Å². The number of para-hydroxylation sites is 1. The zero-order valence-electron chi connectivity index (χ0n) is 11.0. The van der Waals surface area contributed by atoms with Crippen LogP contribution in [0.3, 0.4) is 0 Å². The average Bonchev–Trinajstić information content (AvgIpc) is 2.84. The molecule has 0 atom stereocenters. The van der Waals surface area contributed by atoms with Gasteiger partial charge in [-0.05, 0) is 19.1 Å². The van der Waals surface area contributed by atoms with Gasteiger partial charge in [-0.15, -0.1) is 0 Å². The summed E-state index contributed by atoms with van der Waals surface area (Å²) >= 11 is 6.02. The van der Waals surface area contributed by atoms with Gasteiger partial charge in [0.1, 0.15) is 5.56 Å². The Morgan fingerprint density at radius 3 is 2.67 bits per heavy atom. The van der Waals surface area contributed by atoms with Gasteiger partial charge in [0.15, 0.2) is 5.03 Å². The number of rotatable bonds is 4. The number of sulfonamides is 1. The standard InChI is InChI=1S/C12H12ClN3O4S/c1-2-20-12(17)8-7-15-16(11(8)21(14,18)19)10-6-4-3-5-9(10)13/h3-7H,2H2,1H3,(H2,14,18,19). The summed E-state index contributed by atoms with van der Waals surface area (Å²) in [4.78, 5) is 11.8. The van der Waals surface area contributed by atoms with Gasteiger partial charge in [-0.3, -0.25) is 0 Å². The summed E-state index contributed by atoms with van der Waals surface area (Å²) in [5.74, 6) is -0.820. The molecule has 0 aliphatic carbocycles. The fourth-order valence-corrected chi connectivity index (χ4v) is 2.80. The molecule has 9 heteroatoms. The molecule has 0 saturated heterocycles. The van der Waals surface area contributed by atoms with E-state index in [1.165, 1.54) is 0 Å². The first-order valence-corrected chi connectivity index (χ1v) is 7.81. The van der Waals surface area contributed by atoms with E-state index in [0.717, 1.165) is 10.9 Å². The number of primary sulfonamides is 1. The monoisotopic (exact) mass is 329 g/mol. The topological polar surface area (TPSA) is 104 Å². The molecule has 0 unspecified atom stereocenters. The van der Waals surface area contributed by atoms with Crippen LogP contribution in [0, 0.1) is 0 Å². The van der Waals surface area contributed by atoms with Gasteiger partial charge in [-0.2, -0.15) is 5.10 Å². The normalized spacial score (nSPS) is 11.4. The molecular formula is C12H12ClN3O4S. The first-order chi connectivity index (χ1) is 9.86. The van der Waals surface area contributed by atoms with Crippen molar-refractivity contribution in [1.29, 1.82) is 0 Å². The quantitative estimate of drug-likeness (QED) is 0.852. The van der Waals surface area contributed by atoms with E-state index in [9.17, 15) is 13.2 Å². The predicted molar refractivity (Wildman–Crippen MR) is 75.9 cm³/mol. The fraction of sp³-hybridized carbons (Fsp3) is 0.167. The maximum absolute atomic E-state index is 11.8. The maximum Gasteiger partial charge on any atom is 0.342 e. The summed E-state index contributed by atoms with van der Waals surface area (Å²) in [5, 5.41) is 8.87. The van der Waals surface area contributed by atoms with Gasteiger partial charge >= 0.3 is 5.97 Å². The van der Waals surface area contributed by atoms with Gasteiger partial charge in [-0.25, -0.2) is 23.0 Å². The number of carbonyl (C=O) groups is 1. The molecule has 2 N–H and O–H groups in total. The second-order valence-corrected chi connectivity index (χ2v) is 5.88. The minimum atomic E-state index is -4.21. The third-order valence-electron chi connectivity index (χ3n) is 2.57. The molecule has 0 bridgehead atoms. The predicted octanol–water partition coefficient (Wildman–Crippen LogP) is 1.35. The van der Waals surface area contributed by atoms with E-state index < -0.39 is 21.0 Å². The Kier molecular flexibility index (Phi) is 4.31. The van der Waals surface area contributed by atoms with Gasteiger partial charge < -0.3 is 4.74 Å². The van der Waals surface area contributed by atoms with Crippen molar-refractivity contribution in [3.8, 4) is 5.69 Å². The Bertz CT molecular complexity index is 786. The minimum absolute atomic E-state index is 0.0974. The maximum atomic E-state index is 11.8. The molecule has 2 rings (SSSR count). The minimum Gasteiger partial charge on any atom is -0.462 e. The lowest BCUT2D eigenvalue weighted by molar-refractivity contribution is 0.0521. The van der Waals surface area contributed by atoms with Gasteiger partial charge in [0.05, 0.1) is 23.5 Å². The van der Waals surface area contributed by atoms with Crippen LogP contribution in [0.5, 0.6) is 0 Å². The molecule has 1 aromatic carbocycles. The number of carbonyl (C=O) groups excluding carboxylic acids is 1. The number of nitrogens with two attached hydrogens (primary N) is 1. The Hall–Kier alpha value is -1.90. The SMILES string of the molecule is CCOC(=O)c1cnn(-c2ccccc2Cl)c1S(N)(=O)=O. The first-order valence-electron chi connectivity index (χ1n) is 5.89. The summed E-state index contributed by atoms with van der Waals surface area (Å²) in [6, 6.07) is 6.45. The summed E-state index contributed by atoms with van der Waals surface area (Å²) < 4.78 is 29.4. The summed E-state index contributed by atoms with van der Waals surface area (Å²) in [6.07, 6.45) is 1.08. The van der Waals surface area contributed by atoms with Gasteiger partial charge in [-0.1, -0.05) is 23.7 Å². The van der Waals surface area contributed by atoms with E-state index in [4.69, 9.17) is 21.5 Å². The molecule has 0 fully saturated rings. The van der Waals surface area contributed by atoms with Crippen molar-refractivity contribution >= 4 is 27.6 Å². The van der Waals surface area contributed by atoms with E-state index in [2.05, 4.69) is 5.10 Å². The number of nitrogens with zero attached hydrogens (tertiary/aromatic N) is 2. The number of ether oxygens (including phenoxy) is 1. The number of benzene rings is 1. The molecule has 0 radical (unpaired) electrons. The van der Waals surface area contributed by atoms with Gasteiger partial charge in [0.25, 0.3) is 10.0 Å². The Labute approximate surface area is 126 Å². The molecule has 0 aliphatic rings. The van der Waals surface area contributed by atoms with Crippen LogP contribution in [0.2, 0.25) is 5.02 Å². The van der Waals surface area contributed by atoms with Crippen molar-refractivity contribution < 1.29 is 17.9 Å². The Morgan fingerprint density at radius 2 is 2.10 bits per heavy atom. The zero-order valence-corrected chi connectivity index (χ0v) is 12.6.